The standard InChI is InChI=1S/C24H23N3O3.H2S/c1-29-19-6-4-5-17(11-19)23-15-30-10-3-2-7-22-20-9-8-16(18-13-25-26-14-18)12-21(20)24(28)27(22)23;/h2-6,8-9,11-14,22-23H,7,10,15H2,1H3,(H,25,26);1H2/b3-2-;/t22?,23-;/m1./s1. The Balaban J connectivity index is 0.00000231. The summed E-state index contributed by atoms with van der Waals surface area (Å²) >= 11 is 0. The van der Waals surface area contributed by atoms with Crippen LogP contribution in [0.3, 0.4) is 0 Å². The Bertz CT molecular complexity index is 1100. The third kappa shape index (κ3) is 3.86. The molecule has 1 amide bonds. The summed E-state index contributed by atoms with van der Waals surface area (Å²) in [6.45, 7) is 0.976. The van der Waals surface area contributed by atoms with E-state index in [1.807, 2.05) is 47.5 Å². The molecule has 0 fully saturated rings. The van der Waals surface area contributed by atoms with Crippen LogP contribution in [0, 0.1) is 0 Å². The average Bonchev–Trinajstić information content (AvgIpc) is 3.42. The lowest BCUT2D eigenvalue weighted by Crippen LogP contribution is -2.35. The number of carbonyl (C=O) groups excluding carboxylic acids is 1. The maximum atomic E-state index is 13.7. The summed E-state index contributed by atoms with van der Waals surface area (Å²) in [5.41, 5.74) is 4.77. The highest BCUT2D eigenvalue weighted by Gasteiger charge is 2.41. The van der Waals surface area contributed by atoms with E-state index in [1.165, 1.54) is 0 Å². The van der Waals surface area contributed by atoms with Crippen LogP contribution in [0.2, 0.25) is 0 Å². The van der Waals surface area contributed by atoms with E-state index in [-0.39, 0.29) is 31.5 Å². The number of ether oxygens (including phenoxy) is 2. The SMILES string of the molecule is COc1cccc([C@H]2COC/C=C\CC3c4ccc(-c5cn[nH]c5)cc4C(=O)N32)c1.S. The Morgan fingerprint density at radius 3 is 2.84 bits per heavy atom. The second kappa shape index (κ2) is 8.99. The average molecular weight is 436 g/mol. The quantitative estimate of drug-likeness (QED) is 0.619. The molecule has 160 valence electrons. The van der Waals surface area contributed by atoms with Crippen molar-refractivity contribution in [3.63, 3.8) is 0 Å². The summed E-state index contributed by atoms with van der Waals surface area (Å²) < 4.78 is 11.3. The summed E-state index contributed by atoms with van der Waals surface area (Å²) in [6, 6.07) is 13.8. The van der Waals surface area contributed by atoms with Crippen LogP contribution < -0.4 is 4.74 Å². The third-order valence-corrected chi connectivity index (χ3v) is 5.87. The molecule has 0 saturated heterocycles. The highest BCUT2D eigenvalue weighted by Crippen LogP contribution is 2.44. The van der Waals surface area contributed by atoms with E-state index in [2.05, 4.69) is 28.4 Å². The van der Waals surface area contributed by atoms with E-state index in [1.54, 1.807) is 13.3 Å². The molecule has 0 aliphatic carbocycles. The van der Waals surface area contributed by atoms with Crippen molar-refractivity contribution in [1.82, 2.24) is 15.1 Å². The van der Waals surface area contributed by atoms with Crippen LogP contribution in [0.25, 0.3) is 11.1 Å². The molecule has 2 atom stereocenters. The lowest BCUT2D eigenvalue weighted by Gasteiger charge is -2.33. The van der Waals surface area contributed by atoms with Gasteiger partial charge in [0.15, 0.2) is 0 Å². The van der Waals surface area contributed by atoms with Crippen molar-refractivity contribution in [2.45, 2.75) is 18.5 Å². The van der Waals surface area contributed by atoms with Crippen LogP contribution >= 0.6 is 13.5 Å². The fraction of sp³-hybridized carbons (Fsp3) is 0.250. The number of rotatable bonds is 3. The van der Waals surface area contributed by atoms with Crippen molar-refractivity contribution in [2.24, 2.45) is 0 Å². The number of nitrogens with zero attached hydrogens (tertiary/aromatic N) is 2. The molecular weight excluding hydrogens is 410 g/mol. The number of H-pyrrole nitrogens is 1. The number of nitrogens with one attached hydrogen (secondary N) is 1. The van der Waals surface area contributed by atoms with Gasteiger partial charge in [0.25, 0.3) is 5.91 Å². The molecule has 5 rings (SSSR count). The molecule has 0 spiro atoms. The number of benzene rings is 2. The first-order valence-electron chi connectivity index (χ1n) is 10.1. The Morgan fingerprint density at radius 1 is 1.13 bits per heavy atom. The third-order valence-electron chi connectivity index (χ3n) is 5.87. The summed E-state index contributed by atoms with van der Waals surface area (Å²) in [5.74, 6) is 0.806. The van der Waals surface area contributed by atoms with E-state index < -0.39 is 0 Å². The molecule has 2 aliphatic rings. The van der Waals surface area contributed by atoms with E-state index >= 15 is 0 Å². The van der Waals surface area contributed by atoms with Gasteiger partial charge in [-0.15, -0.1) is 0 Å². The van der Waals surface area contributed by atoms with E-state index in [0.29, 0.717) is 13.2 Å². The van der Waals surface area contributed by atoms with Gasteiger partial charge >= 0.3 is 0 Å². The van der Waals surface area contributed by atoms with Gasteiger partial charge in [-0.25, -0.2) is 0 Å². The molecule has 0 saturated carbocycles. The molecular formula is C24H25N3O3S. The van der Waals surface area contributed by atoms with Gasteiger partial charge < -0.3 is 14.4 Å². The molecule has 6 nitrogen and oxygen atoms in total. The van der Waals surface area contributed by atoms with Crippen molar-refractivity contribution < 1.29 is 14.3 Å². The van der Waals surface area contributed by atoms with Crippen LogP contribution in [0.1, 0.15) is 40.0 Å². The van der Waals surface area contributed by atoms with Crippen LogP contribution in [-0.2, 0) is 4.74 Å². The number of carbonyl (C=O) groups is 1. The topological polar surface area (TPSA) is 67.5 Å². The van der Waals surface area contributed by atoms with E-state index in [9.17, 15) is 4.79 Å². The van der Waals surface area contributed by atoms with Crippen molar-refractivity contribution in [3.05, 3.63) is 83.7 Å². The first-order valence-corrected chi connectivity index (χ1v) is 10.1. The first-order chi connectivity index (χ1) is 14.8. The predicted octanol–water partition coefficient (Wildman–Crippen LogP) is 4.41. The number of methoxy groups -OCH3 is 1. The predicted molar refractivity (Wildman–Crippen MR) is 124 cm³/mol. The summed E-state index contributed by atoms with van der Waals surface area (Å²) in [6.07, 6.45) is 8.51. The summed E-state index contributed by atoms with van der Waals surface area (Å²) in [4.78, 5) is 15.6. The minimum atomic E-state index is -0.192. The molecule has 1 aromatic heterocycles. The number of aromatic nitrogens is 2. The van der Waals surface area contributed by atoms with Crippen molar-refractivity contribution in [1.29, 1.82) is 0 Å². The number of hydrogen-bond donors (Lipinski definition) is 1. The van der Waals surface area contributed by atoms with Gasteiger partial charge in [0.2, 0.25) is 0 Å². The Morgan fingerprint density at radius 2 is 2.03 bits per heavy atom. The molecule has 2 aliphatic heterocycles. The van der Waals surface area contributed by atoms with Crippen LogP contribution in [0.15, 0.2) is 67.0 Å². The largest absolute Gasteiger partial charge is 0.497 e. The molecule has 31 heavy (non-hydrogen) atoms. The first kappa shape index (κ1) is 21.2. The highest BCUT2D eigenvalue weighted by atomic mass is 32.1. The highest BCUT2D eigenvalue weighted by molar-refractivity contribution is 7.59. The number of amides is 1. The maximum absolute atomic E-state index is 13.7. The zero-order chi connectivity index (χ0) is 20.5. The van der Waals surface area contributed by atoms with Crippen LogP contribution in [-0.4, -0.2) is 41.3 Å². The van der Waals surface area contributed by atoms with Gasteiger partial charge in [0.05, 0.1) is 38.6 Å². The maximum Gasteiger partial charge on any atom is 0.255 e. The van der Waals surface area contributed by atoms with E-state index in [4.69, 9.17) is 9.47 Å². The second-order valence-corrected chi connectivity index (χ2v) is 7.55. The summed E-state index contributed by atoms with van der Waals surface area (Å²) in [5, 5.41) is 6.87. The molecule has 0 bridgehead atoms. The van der Waals surface area contributed by atoms with Gasteiger partial charge in [0.1, 0.15) is 5.75 Å². The fourth-order valence-electron chi connectivity index (χ4n) is 4.38. The van der Waals surface area contributed by atoms with Gasteiger partial charge in [-0.05, 0) is 41.3 Å². The molecule has 7 heteroatoms. The monoisotopic (exact) mass is 435 g/mol. The fourth-order valence-corrected chi connectivity index (χ4v) is 4.38. The van der Waals surface area contributed by atoms with Gasteiger partial charge in [-0.3, -0.25) is 9.89 Å². The minimum absolute atomic E-state index is 0. The molecule has 1 unspecified atom stereocenters. The molecule has 0 radical (unpaired) electrons. The zero-order valence-corrected chi connectivity index (χ0v) is 18.2. The minimum Gasteiger partial charge on any atom is -0.497 e. The Hall–Kier alpha value is -3.03. The number of hydrogen-bond acceptors (Lipinski definition) is 4. The Labute approximate surface area is 188 Å². The van der Waals surface area contributed by atoms with Gasteiger partial charge in [-0.1, -0.05) is 36.4 Å². The zero-order valence-electron chi connectivity index (χ0n) is 17.2. The van der Waals surface area contributed by atoms with Crippen LogP contribution in [0.4, 0.5) is 0 Å². The number of aromatic amines is 1. The van der Waals surface area contributed by atoms with Crippen molar-refractivity contribution >= 4 is 19.4 Å². The lowest BCUT2D eigenvalue weighted by molar-refractivity contribution is 0.0410. The van der Waals surface area contributed by atoms with Crippen molar-refractivity contribution in [2.75, 3.05) is 20.3 Å². The summed E-state index contributed by atoms with van der Waals surface area (Å²) in [7, 11) is 1.65. The number of fused-ring (bicyclic) bond motifs is 3. The molecule has 3 aromatic rings. The smallest absolute Gasteiger partial charge is 0.255 e. The van der Waals surface area contributed by atoms with E-state index in [0.717, 1.165) is 40.0 Å². The lowest BCUT2D eigenvalue weighted by atomic mass is 9.97. The van der Waals surface area contributed by atoms with Gasteiger partial charge in [0, 0.05) is 17.3 Å². The molecule has 2 aromatic carbocycles. The second-order valence-electron chi connectivity index (χ2n) is 7.55. The van der Waals surface area contributed by atoms with Gasteiger partial charge in [-0.2, -0.15) is 18.6 Å². The van der Waals surface area contributed by atoms with Crippen LogP contribution in [0.5, 0.6) is 5.75 Å². The molecule has 1 N–H and O–H groups in total. The van der Waals surface area contributed by atoms with Crippen molar-refractivity contribution in [3.8, 4) is 16.9 Å². The normalized spacial score (nSPS) is 21.2. The molecule has 3 heterocycles. The Kier molecular flexibility index (Phi) is 6.15.